The van der Waals surface area contributed by atoms with Crippen molar-refractivity contribution in [2.75, 3.05) is 26.2 Å². The Balaban J connectivity index is 1.51. The fourth-order valence-electron chi connectivity index (χ4n) is 3.47. The lowest BCUT2D eigenvalue weighted by Crippen LogP contribution is -2.50. The Morgan fingerprint density at radius 3 is 3.00 bits per heavy atom. The lowest BCUT2D eigenvalue weighted by molar-refractivity contribution is 0.0638. The number of nitrogens with zero attached hydrogens (tertiary/aromatic N) is 3. The number of likely N-dealkylation sites (tertiary alicyclic amines) is 1. The highest BCUT2D eigenvalue weighted by Gasteiger charge is 2.34. The molecule has 6 nitrogen and oxygen atoms in total. The summed E-state index contributed by atoms with van der Waals surface area (Å²) in [6.07, 6.45) is 1.88. The topological polar surface area (TPSA) is 65.5 Å². The van der Waals surface area contributed by atoms with E-state index in [1.54, 1.807) is 11.3 Å². The molecule has 1 unspecified atom stereocenters. The largest absolute Gasteiger partial charge is 0.336 e. The molecular formula is C17H20N4O2S2. The predicted molar refractivity (Wildman–Crippen MR) is 99.2 cm³/mol. The Bertz CT molecular complexity index is 787. The van der Waals surface area contributed by atoms with E-state index in [1.807, 2.05) is 34.2 Å². The number of aryl methyl sites for hydroxylation is 1. The highest BCUT2D eigenvalue weighted by molar-refractivity contribution is 7.22. The highest BCUT2D eigenvalue weighted by atomic mass is 32.1. The van der Waals surface area contributed by atoms with Crippen molar-refractivity contribution in [2.45, 2.75) is 25.8 Å². The Morgan fingerprint density at radius 1 is 1.40 bits per heavy atom. The molecule has 0 bridgehead atoms. The van der Waals surface area contributed by atoms with Gasteiger partial charge in [0.05, 0.1) is 16.6 Å². The molecule has 0 saturated carbocycles. The third-order valence-electron chi connectivity index (χ3n) is 4.74. The van der Waals surface area contributed by atoms with E-state index in [0.29, 0.717) is 13.1 Å². The number of aromatic nitrogens is 1. The van der Waals surface area contributed by atoms with Crippen molar-refractivity contribution < 1.29 is 9.59 Å². The van der Waals surface area contributed by atoms with E-state index in [4.69, 9.17) is 0 Å². The SMILES string of the molecule is Cc1nc(-c2cccs2)sc1C(=O)N1CCCC(N2CCNC2=O)C1. The number of amides is 3. The summed E-state index contributed by atoms with van der Waals surface area (Å²) < 4.78 is 0. The Labute approximate surface area is 154 Å². The van der Waals surface area contributed by atoms with E-state index in [0.717, 1.165) is 46.4 Å². The molecule has 3 amide bonds. The van der Waals surface area contributed by atoms with Gasteiger partial charge in [0.25, 0.3) is 5.91 Å². The molecule has 0 aromatic carbocycles. The maximum atomic E-state index is 13.0. The number of urea groups is 1. The maximum Gasteiger partial charge on any atom is 0.317 e. The average molecular weight is 377 g/mol. The van der Waals surface area contributed by atoms with Crippen LogP contribution in [0.25, 0.3) is 9.88 Å². The number of carbonyl (C=O) groups is 2. The fourth-order valence-corrected chi connectivity index (χ4v) is 5.30. The smallest absolute Gasteiger partial charge is 0.317 e. The van der Waals surface area contributed by atoms with E-state index < -0.39 is 0 Å². The molecule has 2 aromatic rings. The zero-order valence-electron chi connectivity index (χ0n) is 14.0. The first kappa shape index (κ1) is 16.5. The zero-order valence-corrected chi connectivity index (χ0v) is 15.7. The number of nitrogens with one attached hydrogen (secondary N) is 1. The monoisotopic (exact) mass is 376 g/mol. The van der Waals surface area contributed by atoms with Crippen LogP contribution in [0.4, 0.5) is 4.79 Å². The second-order valence-corrected chi connectivity index (χ2v) is 8.33. The Hall–Kier alpha value is -1.93. The molecule has 1 atom stereocenters. The van der Waals surface area contributed by atoms with Gasteiger partial charge in [0, 0.05) is 26.2 Å². The first-order valence-corrected chi connectivity index (χ1v) is 10.2. The van der Waals surface area contributed by atoms with E-state index >= 15 is 0 Å². The number of piperidine rings is 1. The summed E-state index contributed by atoms with van der Waals surface area (Å²) in [5, 5.41) is 5.77. The molecule has 2 aromatic heterocycles. The lowest BCUT2D eigenvalue weighted by Gasteiger charge is -2.36. The third kappa shape index (κ3) is 3.16. The Kier molecular flexibility index (Phi) is 4.47. The van der Waals surface area contributed by atoms with Gasteiger partial charge in [-0.2, -0.15) is 0 Å². The zero-order chi connectivity index (χ0) is 17.4. The summed E-state index contributed by atoms with van der Waals surface area (Å²) in [7, 11) is 0. The average Bonchev–Trinajstić information content (AvgIpc) is 3.35. The van der Waals surface area contributed by atoms with Crippen molar-refractivity contribution in [1.82, 2.24) is 20.1 Å². The van der Waals surface area contributed by atoms with Gasteiger partial charge in [-0.15, -0.1) is 22.7 Å². The Morgan fingerprint density at radius 2 is 2.28 bits per heavy atom. The van der Waals surface area contributed by atoms with Crippen LogP contribution >= 0.6 is 22.7 Å². The van der Waals surface area contributed by atoms with Crippen LogP contribution in [0.3, 0.4) is 0 Å². The maximum absolute atomic E-state index is 13.0. The molecular weight excluding hydrogens is 356 g/mol. The normalized spacial score (nSPS) is 20.8. The van der Waals surface area contributed by atoms with Gasteiger partial charge in [-0.05, 0) is 31.2 Å². The predicted octanol–water partition coefficient (Wildman–Crippen LogP) is 2.81. The molecule has 132 valence electrons. The van der Waals surface area contributed by atoms with Crippen LogP contribution < -0.4 is 5.32 Å². The highest BCUT2D eigenvalue weighted by Crippen LogP contribution is 2.32. The number of hydrogen-bond acceptors (Lipinski definition) is 5. The van der Waals surface area contributed by atoms with Crippen LogP contribution in [0, 0.1) is 6.92 Å². The quantitative estimate of drug-likeness (QED) is 0.896. The summed E-state index contributed by atoms with van der Waals surface area (Å²) in [5.41, 5.74) is 0.791. The summed E-state index contributed by atoms with van der Waals surface area (Å²) in [6.45, 7) is 4.68. The number of rotatable bonds is 3. The van der Waals surface area contributed by atoms with Crippen LogP contribution in [0.15, 0.2) is 17.5 Å². The van der Waals surface area contributed by atoms with Crippen molar-refractivity contribution in [3.63, 3.8) is 0 Å². The van der Waals surface area contributed by atoms with Gasteiger partial charge in [-0.3, -0.25) is 4.79 Å². The van der Waals surface area contributed by atoms with Crippen molar-refractivity contribution in [3.8, 4) is 9.88 Å². The van der Waals surface area contributed by atoms with Crippen molar-refractivity contribution >= 4 is 34.6 Å². The number of carbonyl (C=O) groups excluding carboxylic acids is 2. The summed E-state index contributed by atoms with van der Waals surface area (Å²) in [5.74, 6) is 0.0436. The molecule has 8 heteroatoms. The van der Waals surface area contributed by atoms with E-state index in [9.17, 15) is 9.59 Å². The number of thiophene rings is 1. The summed E-state index contributed by atoms with van der Waals surface area (Å²) in [4.78, 5) is 35.1. The van der Waals surface area contributed by atoms with Gasteiger partial charge in [0.15, 0.2) is 0 Å². The van der Waals surface area contributed by atoms with Gasteiger partial charge < -0.3 is 15.1 Å². The van der Waals surface area contributed by atoms with Gasteiger partial charge in [-0.25, -0.2) is 9.78 Å². The van der Waals surface area contributed by atoms with Gasteiger partial charge in [0.2, 0.25) is 0 Å². The molecule has 0 spiro atoms. The molecule has 2 fully saturated rings. The summed E-state index contributed by atoms with van der Waals surface area (Å²) >= 11 is 3.10. The minimum atomic E-state index is -0.00625. The first-order valence-electron chi connectivity index (χ1n) is 8.48. The first-order chi connectivity index (χ1) is 12.1. The van der Waals surface area contributed by atoms with Crippen LogP contribution in [0.2, 0.25) is 0 Å². The second kappa shape index (κ2) is 6.76. The molecule has 4 rings (SSSR count). The molecule has 4 heterocycles. The molecule has 0 aliphatic carbocycles. The summed E-state index contributed by atoms with van der Waals surface area (Å²) in [6, 6.07) is 4.13. The van der Waals surface area contributed by atoms with Crippen LogP contribution in [0.1, 0.15) is 28.2 Å². The minimum absolute atomic E-state index is 0.00625. The molecule has 1 N–H and O–H groups in total. The molecule has 25 heavy (non-hydrogen) atoms. The second-order valence-electron chi connectivity index (χ2n) is 6.38. The standard InChI is InChI=1S/C17H20N4O2S2/c1-11-14(25-15(19-11)13-5-3-9-24-13)16(22)20-7-2-4-12(10-20)21-8-6-18-17(21)23/h3,5,9,12H,2,4,6-8,10H2,1H3,(H,18,23). The van der Waals surface area contributed by atoms with Crippen molar-refractivity contribution in [3.05, 3.63) is 28.1 Å². The molecule has 2 aliphatic heterocycles. The number of hydrogen-bond donors (Lipinski definition) is 1. The van der Waals surface area contributed by atoms with Crippen LogP contribution in [0.5, 0.6) is 0 Å². The van der Waals surface area contributed by atoms with Gasteiger partial charge in [0.1, 0.15) is 9.88 Å². The molecule has 0 radical (unpaired) electrons. The van der Waals surface area contributed by atoms with Crippen LogP contribution in [-0.4, -0.2) is 58.9 Å². The molecule has 2 saturated heterocycles. The molecule has 2 aliphatic rings. The van der Waals surface area contributed by atoms with E-state index in [-0.39, 0.29) is 18.0 Å². The number of thiazole rings is 1. The van der Waals surface area contributed by atoms with Crippen molar-refractivity contribution in [2.24, 2.45) is 0 Å². The van der Waals surface area contributed by atoms with Gasteiger partial charge in [-0.1, -0.05) is 6.07 Å². The fraction of sp³-hybridized carbons (Fsp3) is 0.471. The third-order valence-corrected chi connectivity index (χ3v) is 6.92. The van der Waals surface area contributed by atoms with E-state index in [2.05, 4.69) is 10.3 Å². The van der Waals surface area contributed by atoms with E-state index in [1.165, 1.54) is 11.3 Å². The lowest BCUT2D eigenvalue weighted by atomic mass is 10.0. The minimum Gasteiger partial charge on any atom is -0.336 e. The van der Waals surface area contributed by atoms with Gasteiger partial charge >= 0.3 is 6.03 Å². The van der Waals surface area contributed by atoms with Crippen LogP contribution in [-0.2, 0) is 0 Å². The van der Waals surface area contributed by atoms with Crippen molar-refractivity contribution in [1.29, 1.82) is 0 Å².